The summed E-state index contributed by atoms with van der Waals surface area (Å²) >= 11 is 17.9. The van der Waals surface area contributed by atoms with E-state index in [4.69, 9.17) is 34.8 Å². The van der Waals surface area contributed by atoms with Crippen LogP contribution in [-0.2, 0) is 0 Å². The first-order chi connectivity index (χ1) is 11.3. The maximum atomic E-state index is 11.8. The van der Waals surface area contributed by atoms with Gasteiger partial charge in [-0.3, -0.25) is 0 Å². The Bertz CT molecular complexity index is 749. The Hall–Kier alpha value is -2.03. The molecule has 24 heavy (non-hydrogen) atoms. The molecule has 0 saturated carbocycles. The number of hydrazine groups is 1. The second-order valence-corrected chi connectivity index (χ2v) is 5.99. The molecule has 4 amide bonds. The molecule has 128 valence electrons. The summed E-state index contributed by atoms with van der Waals surface area (Å²) in [7, 11) is 0. The third-order valence-electron chi connectivity index (χ3n) is 2.96. The molecule has 3 N–H and O–H groups in total. The van der Waals surface area contributed by atoms with Crippen molar-refractivity contribution < 1.29 is 9.59 Å². The molecular weight excluding hydrogens is 379 g/mol. The molecule has 0 atom stereocenters. The molecule has 1 aliphatic heterocycles. The lowest BCUT2D eigenvalue weighted by atomic mass is 10.1. The van der Waals surface area contributed by atoms with Crippen LogP contribution in [0.1, 0.15) is 19.4 Å². The normalized spacial score (nSPS) is 14.9. The van der Waals surface area contributed by atoms with Crippen LogP contribution >= 0.6 is 34.8 Å². The molecule has 1 aromatic rings. The van der Waals surface area contributed by atoms with E-state index in [1.165, 1.54) is 0 Å². The number of carbonyl (C=O) groups is 2. The molecule has 0 saturated heterocycles. The van der Waals surface area contributed by atoms with E-state index in [0.717, 1.165) is 5.01 Å². The average molecular weight is 392 g/mol. The first kappa shape index (κ1) is 18.3. The number of hydrazone groups is 2. The number of hydrogen-bond acceptors (Lipinski definition) is 4. The van der Waals surface area contributed by atoms with Gasteiger partial charge in [0.05, 0.1) is 33.0 Å². The van der Waals surface area contributed by atoms with Gasteiger partial charge in [0.1, 0.15) is 0 Å². The zero-order chi connectivity index (χ0) is 17.9. The number of rotatable bonds is 3. The second kappa shape index (κ2) is 7.69. The van der Waals surface area contributed by atoms with E-state index < -0.39 is 12.1 Å². The van der Waals surface area contributed by atoms with Gasteiger partial charge in [0.25, 0.3) is 0 Å². The number of urea groups is 2. The molecule has 0 radical (unpaired) electrons. The van der Waals surface area contributed by atoms with E-state index in [0.29, 0.717) is 22.0 Å². The summed E-state index contributed by atoms with van der Waals surface area (Å²) in [5, 5.41) is 9.48. The monoisotopic (exact) mass is 390 g/mol. The number of nitrogens with one attached hydrogen (secondary N) is 3. The van der Waals surface area contributed by atoms with Gasteiger partial charge in [-0.15, -0.1) is 0 Å². The van der Waals surface area contributed by atoms with Crippen molar-refractivity contribution in [3.63, 3.8) is 0 Å². The topological polar surface area (TPSA) is 98.2 Å². The van der Waals surface area contributed by atoms with Gasteiger partial charge in [-0.1, -0.05) is 40.9 Å². The first-order valence-electron chi connectivity index (χ1n) is 6.65. The highest BCUT2D eigenvalue weighted by molar-refractivity contribution is 6.49. The Morgan fingerprint density at radius 1 is 1.33 bits per heavy atom. The Balaban J connectivity index is 2.02. The SMILES string of the molecule is CC1=NNC(=O)N(NC(=O)N/N=C(\C)c2ccc(Cl)c(Cl)c2Cl)C1. The lowest BCUT2D eigenvalue weighted by Gasteiger charge is -2.25. The van der Waals surface area contributed by atoms with Gasteiger partial charge in [0, 0.05) is 5.56 Å². The van der Waals surface area contributed by atoms with Crippen LogP contribution in [0.5, 0.6) is 0 Å². The lowest BCUT2D eigenvalue weighted by Crippen LogP contribution is -2.56. The molecule has 0 unspecified atom stereocenters. The van der Waals surface area contributed by atoms with Crippen molar-refractivity contribution >= 4 is 58.3 Å². The molecule has 0 fully saturated rings. The fourth-order valence-corrected chi connectivity index (χ4v) is 2.45. The standard InChI is InChI=1S/C13H13Cl3N6O2/c1-6-5-22(13(24)20-17-6)21-12(23)19-18-7(2)8-3-4-9(14)11(16)10(8)15/h3-4H,5H2,1-2H3,(H,20,24)(H2,19,21,23)/b18-7+. The summed E-state index contributed by atoms with van der Waals surface area (Å²) < 4.78 is 0. The molecule has 0 aliphatic carbocycles. The summed E-state index contributed by atoms with van der Waals surface area (Å²) in [6.07, 6.45) is 0. The van der Waals surface area contributed by atoms with Crippen molar-refractivity contribution in [3.8, 4) is 0 Å². The van der Waals surface area contributed by atoms with Crippen LogP contribution in [0.3, 0.4) is 0 Å². The number of halogens is 3. The van der Waals surface area contributed by atoms with Crippen LogP contribution in [0.15, 0.2) is 22.3 Å². The van der Waals surface area contributed by atoms with Crippen LogP contribution in [0, 0.1) is 0 Å². The molecular formula is C13H13Cl3N6O2. The highest BCUT2D eigenvalue weighted by Crippen LogP contribution is 2.32. The smallest absolute Gasteiger partial charge is 0.245 e. The van der Waals surface area contributed by atoms with E-state index in [2.05, 4.69) is 26.5 Å². The third kappa shape index (κ3) is 4.28. The maximum absolute atomic E-state index is 11.8. The van der Waals surface area contributed by atoms with Gasteiger partial charge in [-0.2, -0.15) is 10.2 Å². The van der Waals surface area contributed by atoms with E-state index >= 15 is 0 Å². The molecule has 1 aliphatic rings. The predicted octanol–water partition coefficient (Wildman–Crippen LogP) is 2.99. The van der Waals surface area contributed by atoms with Crippen LogP contribution in [0.4, 0.5) is 9.59 Å². The third-order valence-corrected chi connectivity index (χ3v) is 4.25. The highest BCUT2D eigenvalue weighted by atomic mass is 35.5. The first-order valence-corrected chi connectivity index (χ1v) is 7.78. The quantitative estimate of drug-likeness (QED) is 0.419. The summed E-state index contributed by atoms with van der Waals surface area (Å²) in [4.78, 5) is 23.4. The summed E-state index contributed by atoms with van der Waals surface area (Å²) in [6.45, 7) is 3.51. The number of benzene rings is 1. The number of hydrogen-bond donors (Lipinski definition) is 3. The molecule has 8 nitrogen and oxygen atoms in total. The Morgan fingerprint density at radius 3 is 2.75 bits per heavy atom. The van der Waals surface area contributed by atoms with Gasteiger partial charge in [0.2, 0.25) is 0 Å². The fraction of sp³-hybridized carbons (Fsp3) is 0.231. The second-order valence-electron chi connectivity index (χ2n) is 4.82. The van der Waals surface area contributed by atoms with E-state index in [1.807, 2.05) is 0 Å². The van der Waals surface area contributed by atoms with Crippen molar-refractivity contribution in [1.29, 1.82) is 0 Å². The zero-order valence-electron chi connectivity index (χ0n) is 12.7. The van der Waals surface area contributed by atoms with E-state index in [-0.39, 0.29) is 16.6 Å². The van der Waals surface area contributed by atoms with Crippen LogP contribution in [0.2, 0.25) is 15.1 Å². The minimum atomic E-state index is -0.699. The minimum Gasteiger partial charge on any atom is -0.245 e. The largest absolute Gasteiger partial charge is 0.356 e. The molecule has 0 bridgehead atoms. The molecule has 1 aromatic carbocycles. The van der Waals surface area contributed by atoms with Crippen molar-refractivity contribution in [2.45, 2.75) is 13.8 Å². The van der Waals surface area contributed by atoms with Crippen LogP contribution in [0.25, 0.3) is 0 Å². The molecule has 0 spiro atoms. The number of nitrogens with zero attached hydrogens (tertiary/aromatic N) is 3. The van der Waals surface area contributed by atoms with Crippen molar-refractivity contribution in [3.05, 3.63) is 32.8 Å². The average Bonchev–Trinajstić information content (AvgIpc) is 2.54. The molecule has 1 heterocycles. The van der Waals surface area contributed by atoms with Crippen LogP contribution < -0.4 is 16.3 Å². The summed E-state index contributed by atoms with van der Waals surface area (Å²) in [5.74, 6) is 0. The number of amides is 4. The summed E-state index contributed by atoms with van der Waals surface area (Å²) in [6, 6.07) is 1.96. The predicted molar refractivity (Wildman–Crippen MR) is 93.7 cm³/mol. The van der Waals surface area contributed by atoms with E-state index in [1.54, 1.807) is 26.0 Å². The van der Waals surface area contributed by atoms with Gasteiger partial charge in [-0.25, -0.2) is 30.9 Å². The molecule has 2 rings (SSSR count). The molecule has 11 heteroatoms. The van der Waals surface area contributed by atoms with Crippen molar-refractivity contribution in [2.75, 3.05) is 6.54 Å². The Labute approximate surface area is 152 Å². The minimum absolute atomic E-state index is 0.167. The Kier molecular flexibility index (Phi) is 5.87. The zero-order valence-corrected chi connectivity index (χ0v) is 14.9. The number of carbonyl (C=O) groups excluding carboxylic acids is 2. The van der Waals surface area contributed by atoms with Gasteiger partial charge in [-0.05, 0) is 19.9 Å². The van der Waals surface area contributed by atoms with Gasteiger partial charge >= 0.3 is 12.1 Å². The fourth-order valence-electron chi connectivity index (χ4n) is 1.78. The van der Waals surface area contributed by atoms with Crippen molar-refractivity contribution in [1.82, 2.24) is 21.3 Å². The maximum Gasteiger partial charge on any atom is 0.356 e. The Morgan fingerprint density at radius 2 is 2.04 bits per heavy atom. The highest BCUT2D eigenvalue weighted by Gasteiger charge is 2.20. The van der Waals surface area contributed by atoms with Crippen LogP contribution in [-0.4, -0.2) is 35.0 Å². The van der Waals surface area contributed by atoms with Crippen molar-refractivity contribution in [2.24, 2.45) is 10.2 Å². The van der Waals surface area contributed by atoms with Gasteiger partial charge in [0.15, 0.2) is 0 Å². The van der Waals surface area contributed by atoms with Gasteiger partial charge < -0.3 is 0 Å². The summed E-state index contributed by atoms with van der Waals surface area (Å²) in [5.41, 5.74) is 8.43. The molecule has 0 aromatic heterocycles. The lowest BCUT2D eigenvalue weighted by molar-refractivity contribution is 0.173. The van der Waals surface area contributed by atoms with E-state index in [9.17, 15) is 9.59 Å².